The average molecular weight is 462 g/mol. The maximum absolute atomic E-state index is 12.3. The third-order valence-electron chi connectivity index (χ3n) is 6.87. The molecule has 0 aliphatic heterocycles. The number of imidazole rings is 1. The Balaban J connectivity index is 1.19. The summed E-state index contributed by atoms with van der Waals surface area (Å²) < 4.78 is 8.24. The summed E-state index contributed by atoms with van der Waals surface area (Å²) in [6.07, 6.45) is 12.1. The van der Waals surface area contributed by atoms with E-state index in [2.05, 4.69) is 34.1 Å². The Labute approximate surface area is 203 Å². The summed E-state index contributed by atoms with van der Waals surface area (Å²) in [7, 11) is 0. The molecule has 0 unspecified atom stereocenters. The van der Waals surface area contributed by atoms with Gasteiger partial charge in [0.15, 0.2) is 0 Å². The number of nitrogens with one attached hydrogen (secondary N) is 1. The summed E-state index contributed by atoms with van der Waals surface area (Å²) in [5, 5.41) is 3.16. The molecule has 5 nitrogen and oxygen atoms in total. The van der Waals surface area contributed by atoms with Crippen LogP contribution in [-0.2, 0) is 17.8 Å². The second kappa shape index (κ2) is 13.2. The van der Waals surface area contributed by atoms with Gasteiger partial charge in [0.1, 0.15) is 11.6 Å². The monoisotopic (exact) mass is 461 g/mol. The van der Waals surface area contributed by atoms with E-state index in [1.807, 2.05) is 30.3 Å². The van der Waals surface area contributed by atoms with Gasteiger partial charge in [-0.3, -0.25) is 4.79 Å². The van der Waals surface area contributed by atoms with Gasteiger partial charge < -0.3 is 14.6 Å². The first-order chi connectivity index (χ1) is 16.8. The number of hydrogen-bond donors (Lipinski definition) is 1. The first-order valence-corrected chi connectivity index (χ1v) is 13.2. The minimum absolute atomic E-state index is 0.256. The van der Waals surface area contributed by atoms with Gasteiger partial charge in [-0.2, -0.15) is 0 Å². The summed E-state index contributed by atoms with van der Waals surface area (Å²) in [6.45, 7) is 2.50. The largest absolute Gasteiger partial charge is 0.494 e. The SMILES string of the molecule is O=C(NCCCCCc1nc2ccccc2n1CCCCOc1ccccc1)C1CCCCC1. The zero-order valence-electron chi connectivity index (χ0n) is 20.4. The van der Waals surface area contributed by atoms with Crippen molar-refractivity contribution in [3.8, 4) is 5.75 Å². The number of hydrogen-bond acceptors (Lipinski definition) is 3. The summed E-state index contributed by atoms with van der Waals surface area (Å²) in [5.74, 6) is 2.65. The number of para-hydroxylation sites is 3. The highest BCUT2D eigenvalue weighted by atomic mass is 16.5. The van der Waals surface area contributed by atoms with Crippen LogP contribution in [0.4, 0.5) is 0 Å². The van der Waals surface area contributed by atoms with E-state index in [0.717, 1.165) is 82.3 Å². The number of carbonyl (C=O) groups excluding carboxylic acids is 1. The van der Waals surface area contributed by atoms with Crippen LogP contribution in [0.2, 0.25) is 0 Å². The molecule has 1 amide bonds. The molecule has 1 fully saturated rings. The lowest BCUT2D eigenvalue weighted by atomic mass is 9.89. The van der Waals surface area contributed by atoms with Gasteiger partial charge in [-0.1, -0.05) is 56.0 Å². The lowest BCUT2D eigenvalue weighted by Gasteiger charge is -2.20. The van der Waals surface area contributed by atoms with Crippen LogP contribution in [-0.4, -0.2) is 28.6 Å². The number of ether oxygens (including phenoxy) is 1. The van der Waals surface area contributed by atoms with E-state index in [1.54, 1.807) is 0 Å². The van der Waals surface area contributed by atoms with Crippen molar-refractivity contribution in [3.05, 3.63) is 60.4 Å². The molecule has 1 heterocycles. The highest BCUT2D eigenvalue weighted by molar-refractivity contribution is 5.78. The number of aromatic nitrogens is 2. The second-order valence-corrected chi connectivity index (χ2v) is 9.47. The molecule has 0 spiro atoms. The van der Waals surface area contributed by atoms with Crippen molar-refractivity contribution in [3.63, 3.8) is 0 Å². The molecular weight excluding hydrogens is 422 g/mol. The highest BCUT2D eigenvalue weighted by Gasteiger charge is 2.20. The predicted octanol–water partition coefficient (Wildman–Crippen LogP) is 6.30. The molecule has 0 atom stereocenters. The molecule has 4 rings (SSSR count). The molecule has 0 saturated heterocycles. The maximum Gasteiger partial charge on any atom is 0.223 e. The fourth-order valence-corrected chi connectivity index (χ4v) is 4.95. The minimum Gasteiger partial charge on any atom is -0.494 e. The van der Waals surface area contributed by atoms with Gasteiger partial charge >= 0.3 is 0 Å². The molecule has 1 aromatic heterocycles. The molecule has 1 saturated carbocycles. The Hall–Kier alpha value is -2.82. The molecule has 0 radical (unpaired) electrons. The number of carbonyl (C=O) groups is 1. The molecule has 182 valence electrons. The van der Waals surface area contributed by atoms with Crippen LogP contribution in [0, 0.1) is 5.92 Å². The molecule has 0 bridgehead atoms. The molecule has 1 aliphatic carbocycles. The van der Waals surface area contributed by atoms with Crippen LogP contribution >= 0.6 is 0 Å². The van der Waals surface area contributed by atoms with Gasteiger partial charge in [0.2, 0.25) is 5.91 Å². The van der Waals surface area contributed by atoms with E-state index in [9.17, 15) is 4.79 Å². The van der Waals surface area contributed by atoms with Gasteiger partial charge in [0.05, 0.1) is 17.6 Å². The van der Waals surface area contributed by atoms with E-state index < -0.39 is 0 Å². The van der Waals surface area contributed by atoms with Crippen LogP contribution in [0.5, 0.6) is 5.75 Å². The fraction of sp³-hybridized carbons (Fsp3) is 0.517. The molecular formula is C29H39N3O2. The molecule has 2 aromatic carbocycles. The Morgan fingerprint density at radius 2 is 1.71 bits per heavy atom. The lowest BCUT2D eigenvalue weighted by Crippen LogP contribution is -2.32. The van der Waals surface area contributed by atoms with Gasteiger partial charge in [0, 0.05) is 25.4 Å². The van der Waals surface area contributed by atoms with Crippen molar-refractivity contribution in [2.75, 3.05) is 13.2 Å². The van der Waals surface area contributed by atoms with E-state index in [-0.39, 0.29) is 11.8 Å². The van der Waals surface area contributed by atoms with Crippen molar-refractivity contribution in [2.45, 2.75) is 77.2 Å². The van der Waals surface area contributed by atoms with Crippen LogP contribution in [0.1, 0.15) is 70.0 Å². The van der Waals surface area contributed by atoms with Crippen LogP contribution in [0.25, 0.3) is 11.0 Å². The quantitative estimate of drug-likeness (QED) is 0.304. The van der Waals surface area contributed by atoms with Crippen LogP contribution in [0.15, 0.2) is 54.6 Å². The minimum atomic E-state index is 0.256. The maximum atomic E-state index is 12.3. The van der Waals surface area contributed by atoms with Crippen LogP contribution < -0.4 is 10.1 Å². The third kappa shape index (κ3) is 7.09. The Morgan fingerprint density at radius 1 is 0.912 bits per heavy atom. The van der Waals surface area contributed by atoms with E-state index >= 15 is 0 Å². The average Bonchev–Trinajstić information content (AvgIpc) is 3.24. The number of rotatable bonds is 13. The predicted molar refractivity (Wildman–Crippen MR) is 138 cm³/mol. The van der Waals surface area contributed by atoms with E-state index in [1.165, 1.54) is 30.6 Å². The highest BCUT2D eigenvalue weighted by Crippen LogP contribution is 2.23. The van der Waals surface area contributed by atoms with E-state index in [0.29, 0.717) is 0 Å². The smallest absolute Gasteiger partial charge is 0.223 e. The molecule has 5 heteroatoms. The lowest BCUT2D eigenvalue weighted by molar-refractivity contribution is -0.125. The molecule has 1 N–H and O–H groups in total. The number of fused-ring (bicyclic) bond motifs is 1. The van der Waals surface area contributed by atoms with Gasteiger partial charge in [0.25, 0.3) is 0 Å². The third-order valence-corrected chi connectivity index (χ3v) is 6.87. The number of unbranched alkanes of at least 4 members (excludes halogenated alkanes) is 3. The number of amides is 1. The standard InChI is InChI=1S/C29H39N3O2/c33-29(24-14-4-1-5-15-24)30-21-11-3-8-20-28-31-26-18-9-10-19-27(26)32(28)22-12-13-23-34-25-16-6-2-7-17-25/h2,6-7,9-10,16-19,24H,1,3-5,8,11-15,20-23H2,(H,30,33). The molecule has 34 heavy (non-hydrogen) atoms. The summed E-state index contributed by atoms with van der Waals surface area (Å²) in [4.78, 5) is 17.2. The Kier molecular flexibility index (Phi) is 9.41. The van der Waals surface area contributed by atoms with Crippen molar-refractivity contribution in [1.82, 2.24) is 14.9 Å². The van der Waals surface area contributed by atoms with Gasteiger partial charge in [-0.25, -0.2) is 4.98 Å². The number of aryl methyl sites for hydroxylation is 2. The first kappa shape index (κ1) is 24.3. The van der Waals surface area contributed by atoms with Crippen molar-refractivity contribution < 1.29 is 9.53 Å². The normalized spacial score (nSPS) is 14.4. The molecule has 1 aliphatic rings. The summed E-state index contributed by atoms with van der Waals surface area (Å²) in [6, 6.07) is 18.5. The summed E-state index contributed by atoms with van der Waals surface area (Å²) in [5.41, 5.74) is 2.30. The first-order valence-electron chi connectivity index (χ1n) is 13.2. The molecule has 3 aromatic rings. The van der Waals surface area contributed by atoms with Crippen molar-refractivity contribution in [2.24, 2.45) is 5.92 Å². The topological polar surface area (TPSA) is 56.2 Å². The van der Waals surface area contributed by atoms with Crippen molar-refractivity contribution >= 4 is 16.9 Å². The fourth-order valence-electron chi connectivity index (χ4n) is 4.95. The zero-order valence-corrected chi connectivity index (χ0v) is 20.4. The van der Waals surface area contributed by atoms with Gasteiger partial charge in [-0.05, 0) is 62.8 Å². The van der Waals surface area contributed by atoms with E-state index in [4.69, 9.17) is 9.72 Å². The number of benzene rings is 2. The van der Waals surface area contributed by atoms with Crippen LogP contribution in [0.3, 0.4) is 0 Å². The van der Waals surface area contributed by atoms with Gasteiger partial charge in [-0.15, -0.1) is 0 Å². The Morgan fingerprint density at radius 3 is 2.56 bits per heavy atom. The second-order valence-electron chi connectivity index (χ2n) is 9.47. The zero-order chi connectivity index (χ0) is 23.4. The summed E-state index contributed by atoms with van der Waals surface area (Å²) >= 11 is 0. The van der Waals surface area contributed by atoms with Crippen molar-refractivity contribution in [1.29, 1.82) is 0 Å². The number of nitrogens with zero attached hydrogens (tertiary/aromatic N) is 2. The Bertz CT molecular complexity index is 1010.